The summed E-state index contributed by atoms with van der Waals surface area (Å²) in [6.07, 6.45) is 0. The average molecular weight is 600 g/mol. The van der Waals surface area contributed by atoms with E-state index in [9.17, 15) is 37.7 Å². The summed E-state index contributed by atoms with van der Waals surface area (Å²) < 4.78 is 36.9. The van der Waals surface area contributed by atoms with E-state index >= 15 is 0 Å². The molecule has 6 N–H and O–H groups in total. The van der Waals surface area contributed by atoms with Crippen molar-refractivity contribution in [1.82, 2.24) is 14.6 Å². The molecule has 3 amide bonds. The van der Waals surface area contributed by atoms with Crippen LogP contribution in [0, 0.1) is 10.1 Å². The maximum absolute atomic E-state index is 13.0. The number of ether oxygens (including phenoxy) is 1. The summed E-state index contributed by atoms with van der Waals surface area (Å²) in [6.45, 7) is 2.23. The zero-order valence-electron chi connectivity index (χ0n) is 20.5. The fourth-order valence-electron chi connectivity index (χ4n) is 3.18. The molecule has 1 fully saturated rings. The number of carbonyl (C=O) groups is 4. The largest absolute Gasteiger partial charge is 0.458 e. The van der Waals surface area contributed by atoms with Gasteiger partial charge in [-0.25, -0.2) is 9.78 Å². The molecule has 1 aliphatic heterocycles. The molecule has 0 saturated carbocycles. The van der Waals surface area contributed by atoms with E-state index in [0.717, 1.165) is 11.3 Å². The maximum Gasteiger partial charge on any atom is 0.363 e. The molecule has 40 heavy (non-hydrogen) atoms. The Morgan fingerprint density at radius 2 is 1.93 bits per heavy atom. The number of β-lactam (4-membered cyclic amide) rings is 1. The second-order valence-corrected chi connectivity index (χ2v) is 10.7. The van der Waals surface area contributed by atoms with Gasteiger partial charge in [0, 0.05) is 17.5 Å². The summed E-state index contributed by atoms with van der Waals surface area (Å²) in [7, 11) is -5.15. The van der Waals surface area contributed by atoms with Gasteiger partial charge < -0.3 is 26.4 Å². The number of primary amides is 1. The number of hydrogen-bond acceptors (Lipinski definition) is 14. The third kappa shape index (κ3) is 6.47. The van der Waals surface area contributed by atoms with Crippen molar-refractivity contribution in [2.75, 3.05) is 5.73 Å². The van der Waals surface area contributed by atoms with E-state index in [1.54, 1.807) is 0 Å². The van der Waals surface area contributed by atoms with E-state index < -0.39 is 62.3 Å². The third-order valence-corrected chi connectivity index (χ3v) is 6.81. The number of anilines is 1. The number of nitrogen functional groups attached to an aromatic ring is 1. The smallest absolute Gasteiger partial charge is 0.363 e. The zero-order chi connectivity index (χ0) is 30.0. The molecule has 2 heterocycles. The van der Waals surface area contributed by atoms with E-state index in [0.29, 0.717) is 5.56 Å². The number of amides is 3. The van der Waals surface area contributed by atoms with Crippen molar-refractivity contribution in [3.63, 3.8) is 0 Å². The minimum absolute atomic E-state index is 0.00421. The summed E-state index contributed by atoms with van der Waals surface area (Å²) >= 11 is 0.902. The summed E-state index contributed by atoms with van der Waals surface area (Å²) in [6, 6.07) is 1.51. The highest BCUT2D eigenvalue weighted by Crippen LogP contribution is 2.24. The van der Waals surface area contributed by atoms with Gasteiger partial charge >= 0.3 is 16.3 Å². The van der Waals surface area contributed by atoms with Crippen LogP contribution in [0.2, 0.25) is 0 Å². The number of oxime groups is 1. The Kier molecular flexibility index (Phi) is 8.36. The Hall–Kier alpha value is -4.69. The average Bonchev–Trinajstić information content (AvgIpc) is 3.28. The number of carbonyl (C=O) groups excluding carboxylic acids is 4. The first-order valence-corrected chi connectivity index (χ1v) is 13.1. The van der Waals surface area contributed by atoms with E-state index in [4.69, 9.17) is 25.6 Å². The molecule has 0 aliphatic carbocycles. The minimum atomic E-state index is -5.15. The predicted molar refractivity (Wildman–Crippen MR) is 134 cm³/mol. The minimum Gasteiger partial charge on any atom is -0.458 e. The number of nitrogens with zero attached hydrogens (tertiary/aromatic N) is 4. The van der Waals surface area contributed by atoms with E-state index in [1.807, 2.05) is 0 Å². The fourth-order valence-corrected chi connectivity index (χ4v) is 4.59. The van der Waals surface area contributed by atoms with Crippen LogP contribution >= 0.6 is 11.3 Å². The predicted octanol–water partition coefficient (Wildman–Crippen LogP) is -1.14. The molecule has 2 atom stereocenters. The lowest BCUT2D eigenvalue weighted by atomic mass is 9.98. The first-order chi connectivity index (χ1) is 18.5. The van der Waals surface area contributed by atoms with Gasteiger partial charge in [-0.3, -0.25) is 29.1 Å². The van der Waals surface area contributed by atoms with E-state index in [-0.39, 0.29) is 27.4 Å². The molecule has 3 rings (SSSR count). The molecule has 0 bridgehead atoms. The van der Waals surface area contributed by atoms with Gasteiger partial charge in [-0.1, -0.05) is 5.16 Å². The number of nitro groups is 1. The third-order valence-electron chi connectivity index (χ3n) is 5.23. The van der Waals surface area contributed by atoms with Crippen molar-refractivity contribution in [2.24, 2.45) is 10.9 Å². The highest BCUT2D eigenvalue weighted by Gasteiger charge is 2.57. The van der Waals surface area contributed by atoms with Crippen LogP contribution in [0.5, 0.6) is 0 Å². The Labute approximate surface area is 228 Å². The van der Waals surface area contributed by atoms with Crippen LogP contribution in [-0.2, 0) is 45.7 Å². The standard InChI is InChI=1S/C20H21N7O11S2/c1-20(2,18(31)37-7-9-3-5-10(6-4-9)27(32)33)38-25-12(11-8-39-19(22)23-11)16(29)24-13-14(15(21)28)26(17(13)30)40(34,35)36/h3-6,8,13-14H,7H2,1-2H3,(H2,21,28)(H2,22,23)(H,24,29)(H,34,35,36)/b25-12-. The van der Waals surface area contributed by atoms with Gasteiger partial charge in [0.1, 0.15) is 18.3 Å². The Bertz CT molecular complexity index is 1500. The number of nitrogens with one attached hydrogen (secondary N) is 1. The van der Waals surface area contributed by atoms with Crippen molar-refractivity contribution in [1.29, 1.82) is 0 Å². The topological polar surface area (TPSA) is 277 Å². The quantitative estimate of drug-likeness (QED) is 0.0594. The number of hydrogen-bond donors (Lipinski definition) is 4. The molecule has 0 spiro atoms. The summed E-state index contributed by atoms with van der Waals surface area (Å²) in [5.74, 6) is -4.83. The monoisotopic (exact) mass is 599 g/mol. The van der Waals surface area contributed by atoms with Gasteiger partial charge in [0.25, 0.3) is 17.5 Å². The zero-order valence-corrected chi connectivity index (χ0v) is 22.2. The highest BCUT2D eigenvalue weighted by molar-refractivity contribution is 7.84. The lowest BCUT2D eigenvalue weighted by Crippen LogP contribution is -2.75. The molecule has 2 aromatic rings. The first-order valence-electron chi connectivity index (χ1n) is 10.8. The molecular weight excluding hydrogens is 578 g/mol. The second kappa shape index (κ2) is 11.2. The van der Waals surface area contributed by atoms with Crippen LogP contribution in [0.25, 0.3) is 0 Å². The van der Waals surface area contributed by atoms with Crippen LogP contribution in [0.4, 0.5) is 10.8 Å². The highest BCUT2D eigenvalue weighted by atomic mass is 32.2. The van der Waals surface area contributed by atoms with Gasteiger partial charge in [-0.2, -0.15) is 12.7 Å². The Balaban J connectivity index is 1.77. The molecule has 2 unspecified atom stereocenters. The summed E-state index contributed by atoms with van der Waals surface area (Å²) in [5.41, 5.74) is 8.42. The molecule has 1 aliphatic rings. The van der Waals surface area contributed by atoms with Gasteiger partial charge in [-0.15, -0.1) is 11.3 Å². The molecular formula is C20H21N7O11S2. The van der Waals surface area contributed by atoms with Gasteiger partial charge in [0.15, 0.2) is 16.9 Å². The van der Waals surface area contributed by atoms with Crippen molar-refractivity contribution in [3.05, 3.63) is 51.0 Å². The van der Waals surface area contributed by atoms with Gasteiger partial charge in [-0.05, 0) is 31.5 Å². The number of aromatic nitrogens is 1. The molecule has 20 heteroatoms. The Morgan fingerprint density at radius 1 is 1.30 bits per heavy atom. The normalized spacial score (nSPS) is 17.5. The molecule has 1 saturated heterocycles. The molecule has 18 nitrogen and oxygen atoms in total. The van der Waals surface area contributed by atoms with Crippen LogP contribution in [0.15, 0.2) is 34.8 Å². The lowest BCUT2D eigenvalue weighted by Gasteiger charge is -2.41. The van der Waals surface area contributed by atoms with Gasteiger partial charge in [0.05, 0.1) is 4.92 Å². The van der Waals surface area contributed by atoms with Crippen molar-refractivity contribution in [3.8, 4) is 0 Å². The Morgan fingerprint density at radius 3 is 2.42 bits per heavy atom. The second-order valence-electron chi connectivity index (χ2n) is 8.52. The van der Waals surface area contributed by atoms with Crippen LogP contribution in [0.3, 0.4) is 0 Å². The van der Waals surface area contributed by atoms with Crippen molar-refractivity contribution < 1.29 is 46.6 Å². The van der Waals surface area contributed by atoms with E-state index in [2.05, 4.69) is 15.5 Å². The van der Waals surface area contributed by atoms with Crippen molar-refractivity contribution in [2.45, 2.75) is 38.1 Å². The first kappa shape index (κ1) is 29.9. The molecule has 1 aromatic heterocycles. The van der Waals surface area contributed by atoms with Crippen LogP contribution < -0.4 is 16.8 Å². The molecule has 214 valence electrons. The van der Waals surface area contributed by atoms with Crippen LogP contribution in [0.1, 0.15) is 25.1 Å². The number of nitro benzene ring substituents is 1. The number of esters is 1. The SMILES string of the molecule is CC(C)(O/N=C(\C(=O)NC1C(=O)N(S(=O)(=O)O)C1C(N)=O)c1csc(N)n1)C(=O)OCc1ccc([N+](=O)[O-])cc1. The number of non-ortho nitro benzene ring substituents is 1. The molecule has 1 aromatic carbocycles. The number of rotatable bonds is 11. The van der Waals surface area contributed by atoms with E-state index in [1.165, 1.54) is 43.5 Å². The molecule has 0 radical (unpaired) electrons. The summed E-state index contributed by atoms with van der Waals surface area (Å²) in [5, 5.41) is 17.8. The number of benzene rings is 1. The maximum atomic E-state index is 13.0. The van der Waals surface area contributed by atoms with Crippen LogP contribution in [-0.4, -0.2) is 74.3 Å². The van der Waals surface area contributed by atoms with Gasteiger partial charge in [0.2, 0.25) is 11.5 Å². The summed E-state index contributed by atoms with van der Waals surface area (Å²) in [4.78, 5) is 68.9. The lowest BCUT2D eigenvalue weighted by molar-refractivity contribution is -0.384. The number of thiazole rings is 1. The fraction of sp³-hybridized carbons (Fsp3) is 0.300. The number of nitrogens with two attached hydrogens (primary N) is 2. The van der Waals surface area contributed by atoms with Crippen molar-refractivity contribution >= 4 is 61.9 Å².